The molecule has 20 heavy (non-hydrogen) atoms. The number of hydrogen-bond acceptors (Lipinski definition) is 6. The summed E-state index contributed by atoms with van der Waals surface area (Å²) >= 11 is 2.83. The van der Waals surface area contributed by atoms with Gasteiger partial charge in [-0.05, 0) is 24.3 Å². The first-order valence-corrected chi connectivity index (χ1v) is 9.60. The van der Waals surface area contributed by atoms with Gasteiger partial charge in [-0.1, -0.05) is 6.07 Å². The van der Waals surface area contributed by atoms with Gasteiger partial charge in [0.25, 0.3) is 0 Å². The van der Waals surface area contributed by atoms with E-state index in [-0.39, 0.29) is 6.04 Å². The van der Waals surface area contributed by atoms with Crippen LogP contribution in [0.15, 0.2) is 33.3 Å². The van der Waals surface area contributed by atoms with Crippen molar-refractivity contribution in [3.8, 4) is 0 Å². The lowest BCUT2D eigenvalue weighted by Gasteiger charge is -2.24. The van der Waals surface area contributed by atoms with Crippen LogP contribution in [0.3, 0.4) is 0 Å². The van der Waals surface area contributed by atoms with E-state index in [9.17, 15) is 8.42 Å². The Labute approximate surface area is 126 Å². The molecule has 1 aliphatic heterocycles. The number of rotatable bonds is 5. The minimum Gasteiger partial charge on any atom is -0.344 e. The first-order valence-electron chi connectivity index (χ1n) is 6.36. The summed E-state index contributed by atoms with van der Waals surface area (Å²) in [5.74, 6) is 0. The van der Waals surface area contributed by atoms with E-state index in [0.717, 1.165) is 24.5 Å². The molecule has 0 amide bonds. The van der Waals surface area contributed by atoms with Gasteiger partial charge in [0.05, 0.1) is 0 Å². The van der Waals surface area contributed by atoms with Crippen LogP contribution in [0.1, 0.15) is 12.8 Å². The summed E-state index contributed by atoms with van der Waals surface area (Å²) in [5, 5.41) is 4.69. The van der Waals surface area contributed by atoms with Crippen molar-refractivity contribution in [3.63, 3.8) is 0 Å². The quantitative estimate of drug-likeness (QED) is 0.913. The zero-order valence-corrected chi connectivity index (χ0v) is 13.2. The van der Waals surface area contributed by atoms with Crippen LogP contribution in [0.5, 0.6) is 0 Å². The highest BCUT2D eigenvalue weighted by Gasteiger charge is 2.28. The fourth-order valence-electron chi connectivity index (χ4n) is 2.35. The SMILES string of the molecule is O=S(=O)(NCC1CCCN1c1nccs1)c1cccs1. The molecule has 3 heterocycles. The summed E-state index contributed by atoms with van der Waals surface area (Å²) in [7, 11) is -3.37. The lowest BCUT2D eigenvalue weighted by Crippen LogP contribution is -2.40. The van der Waals surface area contributed by atoms with Crippen LogP contribution >= 0.6 is 22.7 Å². The number of thiazole rings is 1. The maximum atomic E-state index is 12.1. The van der Waals surface area contributed by atoms with Crippen molar-refractivity contribution in [1.82, 2.24) is 9.71 Å². The van der Waals surface area contributed by atoms with Gasteiger partial charge in [0.2, 0.25) is 10.0 Å². The molecule has 1 atom stereocenters. The van der Waals surface area contributed by atoms with Crippen LogP contribution in [0.4, 0.5) is 5.13 Å². The van der Waals surface area contributed by atoms with Gasteiger partial charge < -0.3 is 4.90 Å². The lowest BCUT2D eigenvalue weighted by atomic mass is 10.2. The molecule has 108 valence electrons. The Hall–Kier alpha value is -0.960. The highest BCUT2D eigenvalue weighted by Crippen LogP contribution is 2.27. The Balaban J connectivity index is 1.66. The third kappa shape index (κ3) is 2.88. The van der Waals surface area contributed by atoms with E-state index in [1.807, 2.05) is 5.38 Å². The third-order valence-corrected chi connectivity index (χ3v) is 6.94. The van der Waals surface area contributed by atoms with E-state index in [0.29, 0.717) is 10.8 Å². The molecule has 0 radical (unpaired) electrons. The van der Waals surface area contributed by atoms with Crippen molar-refractivity contribution >= 4 is 37.8 Å². The second-order valence-corrected chi connectivity index (χ2v) is 8.40. The zero-order chi connectivity index (χ0) is 14.0. The van der Waals surface area contributed by atoms with Gasteiger partial charge >= 0.3 is 0 Å². The third-order valence-electron chi connectivity index (χ3n) is 3.31. The molecule has 3 rings (SSSR count). The first-order chi connectivity index (χ1) is 9.67. The summed E-state index contributed by atoms with van der Waals surface area (Å²) in [4.78, 5) is 6.51. The van der Waals surface area contributed by atoms with Gasteiger partial charge in [0.1, 0.15) is 4.21 Å². The fraction of sp³-hybridized carbons (Fsp3) is 0.417. The van der Waals surface area contributed by atoms with Crippen molar-refractivity contribution in [2.45, 2.75) is 23.1 Å². The molecule has 8 heteroatoms. The smallest absolute Gasteiger partial charge is 0.250 e. The van der Waals surface area contributed by atoms with E-state index in [1.165, 1.54) is 11.3 Å². The average Bonchev–Trinajstić information content (AvgIpc) is 3.16. The van der Waals surface area contributed by atoms with Gasteiger partial charge in [-0.2, -0.15) is 0 Å². The van der Waals surface area contributed by atoms with Crippen molar-refractivity contribution < 1.29 is 8.42 Å². The molecule has 1 aliphatic rings. The number of anilines is 1. The van der Waals surface area contributed by atoms with Crippen molar-refractivity contribution in [3.05, 3.63) is 29.1 Å². The van der Waals surface area contributed by atoms with Crippen LogP contribution in [0.2, 0.25) is 0 Å². The molecule has 1 N–H and O–H groups in total. The summed E-state index contributed by atoms with van der Waals surface area (Å²) in [6, 6.07) is 3.56. The second-order valence-electron chi connectivity index (χ2n) is 4.59. The lowest BCUT2D eigenvalue weighted by molar-refractivity contribution is 0.569. The number of nitrogens with one attached hydrogen (secondary N) is 1. The number of aromatic nitrogens is 1. The summed E-state index contributed by atoms with van der Waals surface area (Å²) in [6.07, 6.45) is 3.85. The summed E-state index contributed by atoms with van der Waals surface area (Å²) < 4.78 is 27.3. The minimum absolute atomic E-state index is 0.191. The highest BCUT2D eigenvalue weighted by molar-refractivity contribution is 7.91. The fourth-order valence-corrected chi connectivity index (χ4v) is 5.20. The Kier molecular flexibility index (Phi) is 4.06. The molecule has 0 aliphatic carbocycles. The number of thiophene rings is 1. The molecule has 1 saturated heterocycles. The Bertz CT molecular complexity index is 638. The molecule has 0 saturated carbocycles. The highest BCUT2D eigenvalue weighted by atomic mass is 32.2. The Morgan fingerprint density at radius 2 is 2.30 bits per heavy atom. The predicted molar refractivity (Wildman–Crippen MR) is 82.0 cm³/mol. The molecular weight excluding hydrogens is 314 g/mol. The average molecular weight is 329 g/mol. The molecule has 0 bridgehead atoms. The van der Waals surface area contributed by atoms with Crippen LogP contribution in [0, 0.1) is 0 Å². The molecule has 1 fully saturated rings. The van der Waals surface area contributed by atoms with Gasteiger partial charge in [-0.15, -0.1) is 22.7 Å². The molecule has 2 aromatic heterocycles. The molecule has 1 unspecified atom stereocenters. The summed E-state index contributed by atoms with van der Waals surface area (Å²) in [6.45, 7) is 1.37. The van der Waals surface area contributed by atoms with E-state index >= 15 is 0 Å². The largest absolute Gasteiger partial charge is 0.344 e. The maximum absolute atomic E-state index is 12.1. The Morgan fingerprint density at radius 1 is 1.40 bits per heavy atom. The molecule has 0 aromatic carbocycles. The monoisotopic (exact) mass is 329 g/mol. The van der Waals surface area contributed by atoms with Crippen molar-refractivity contribution in [2.24, 2.45) is 0 Å². The van der Waals surface area contributed by atoms with Crippen molar-refractivity contribution in [1.29, 1.82) is 0 Å². The van der Waals surface area contributed by atoms with Crippen LogP contribution < -0.4 is 9.62 Å². The number of hydrogen-bond donors (Lipinski definition) is 1. The molecule has 5 nitrogen and oxygen atoms in total. The normalized spacial score (nSPS) is 19.6. The van der Waals surface area contributed by atoms with Gasteiger partial charge in [-0.3, -0.25) is 0 Å². The number of nitrogens with zero attached hydrogens (tertiary/aromatic N) is 2. The maximum Gasteiger partial charge on any atom is 0.250 e. The topological polar surface area (TPSA) is 62.3 Å². The zero-order valence-electron chi connectivity index (χ0n) is 10.7. The van der Waals surface area contributed by atoms with E-state index in [4.69, 9.17) is 0 Å². The van der Waals surface area contributed by atoms with Crippen LogP contribution in [-0.2, 0) is 10.0 Å². The standard InChI is InChI=1S/C12H15N3O2S3/c16-20(17,11-4-2-7-18-11)14-9-10-3-1-6-15(10)12-13-5-8-19-12/h2,4-5,7-8,10,14H,1,3,6,9H2. The molecule has 0 spiro atoms. The van der Waals surface area contributed by atoms with Crippen LogP contribution in [0.25, 0.3) is 0 Å². The molecule has 2 aromatic rings. The Morgan fingerprint density at radius 3 is 3.00 bits per heavy atom. The summed E-state index contributed by atoms with van der Waals surface area (Å²) in [5.41, 5.74) is 0. The van der Waals surface area contributed by atoms with Crippen molar-refractivity contribution in [2.75, 3.05) is 18.0 Å². The van der Waals surface area contributed by atoms with E-state index in [2.05, 4.69) is 14.6 Å². The van der Waals surface area contributed by atoms with E-state index < -0.39 is 10.0 Å². The van der Waals surface area contributed by atoms with Gasteiger partial charge in [0.15, 0.2) is 5.13 Å². The molecular formula is C12H15N3O2S3. The van der Waals surface area contributed by atoms with Gasteiger partial charge in [0, 0.05) is 30.7 Å². The minimum atomic E-state index is -3.37. The van der Waals surface area contributed by atoms with Crippen LogP contribution in [-0.4, -0.2) is 32.5 Å². The van der Waals surface area contributed by atoms with E-state index in [1.54, 1.807) is 35.0 Å². The number of sulfonamides is 1. The second kappa shape index (κ2) is 5.80. The van der Waals surface area contributed by atoms with Gasteiger partial charge in [-0.25, -0.2) is 18.1 Å². The first kappa shape index (κ1) is 14.0. The predicted octanol–water partition coefficient (Wildman–Crippen LogP) is 2.15.